The minimum Gasteiger partial charge on any atom is -0.384 e. The van der Waals surface area contributed by atoms with Crippen LogP contribution in [0.1, 0.15) is 25.3 Å². The first-order chi connectivity index (χ1) is 7.12. The molecule has 2 atom stereocenters. The Labute approximate surface area is 105 Å². The van der Waals surface area contributed by atoms with Crippen LogP contribution < -0.4 is 0 Å². The number of halogens is 1. The normalized spacial score (nSPS) is 26.5. The SMILES string of the molecule is C[C@@](O)(c1ccccc1)[C@@H]1CCCN1I. The molecule has 0 aromatic heterocycles. The highest BCUT2D eigenvalue weighted by atomic mass is 127. The molecule has 15 heavy (non-hydrogen) atoms. The van der Waals surface area contributed by atoms with E-state index in [2.05, 4.69) is 26.0 Å². The zero-order chi connectivity index (χ0) is 10.9. The van der Waals surface area contributed by atoms with Crippen molar-refractivity contribution in [2.24, 2.45) is 0 Å². The Morgan fingerprint density at radius 3 is 2.60 bits per heavy atom. The van der Waals surface area contributed by atoms with Gasteiger partial charge in [0.05, 0.1) is 6.04 Å². The highest BCUT2D eigenvalue weighted by Gasteiger charge is 2.39. The Hall–Kier alpha value is -0.130. The van der Waals surface area contributed by atoms with Crippen LogP contribution in [0.4, 0.5) is 0 Å². The molecule has 3 heteroatoms. The van der Waals surface area contributed by atoms with Crippen LogP contribution in [0.3, 0.4) is 0 Å². The van der Waals surface area contributed by atoms with Gasteiger partial charge < -0.3 is 5.11 Å². The summed E-state index contributed by atoms with van der Waals surface area (Å²) in [6, 6.07) is 10.2. The second-order valence-corrected chi connectivity index (χ2v) is 5.53. The van der Waals surface area contributed by atoms with E-state index in [0.29, 0.717) is 0 Å². The van der Waals surface area contributed by atoms with E-state index in [-0.39, 0.29) is 6.04 Å². The summed E-state index contributed by atoms with van der Waals surface area (Å²) in [4.78, 5) is 0. The highest BCUT2D eigenvalue weighted by molar-refractivity contribution is 14.1. The molecule has 2 nitrogen and oxygen atoms in total. The Morgan fingerprint density at radius 2 is 2.07 bits per heavy atom. The standard InChI is InChI=1S/C12H16INO/c1-12(15,10-6-3-2-4-7-10)11-8-5-9-14(11)13/h2-4,6-7,11,15H,5,8-9H2,1H3/t11-,12+/m0/s1. The van der Waals surface area contributed by atoms with Crippen LogP contribution in [0.25, 0.3) is 0 Å². The molecule has 0 amide bonds. The largest absolute Gasteiger partial charge is 0.384 e. The summed E-state index contributed by atoms with van der Waals surface area (Å²) < 4.78 is 2.23. The molecule has 0 saturated carbocycles. The molecule has 82 valence electrons. The lowest BCUT2D eigenvalue weighted by atomic mass is 9.87. The van der Waals surface area contributed by atoms with Gasteiger partial charge in [-0.25, -0.2) is 3.11 Å². The van der Waals surface area contributed by atoms with Crippen molar-refractivity contribution in [3.63, 3.8) is 0 Å². The van der Waals surface area contributed by atoms with Crippen LogP contribution >= 0.6 is 22.9 Å². The molecule has 2 rings (SSSR count). The van der Waals surface area contributed by atoms with E-state index in [9.17, 15) is 5.11 Å². The minimum absolute atomic E-state index is 0.237. The van der Waals surface area contributed by atoms with Crippen molar-refractivity contribution in [3.8, 4) is 0 Å². The first kappa shape index (κ1) is 11.4. The number of nitrogens with zero attached hydrogens (tertiary/aromatic N) is 1. The van der Waals surface area contributed by atoms with Gasteiger partial charge in [0.1, 0.15) is 5.60 Å². The first-order valence-corrected chi connectivity index (χ1v) is 6.29. The summed E-state index contributed by atoms with van der Waals surface area (Å²) in [5.41, 5.74) is 0.275. The molecular formula is C12H16INO. The Bertz CT molecular complexity index is 326. The number of rotatable bonds is 2. The van der Waals surface area contributed by atoms with Crippen LogP contribution in [0, 0.1) is 0 Å². The van der Waals surface area contributed by atoms with Gasteiger partial charge in [-0.2, -0.15) is 0 Å². The molecule has 1 heterocycles. The Kier molecular flexibility index (Phi) is 3.33. The van der Waals surface area contributed by atoms with Crippen molar-refractivity contribution in [2.75, 3.05) is 6.54 Å². The molecule has 0 radical (unpaired) electrons. The van der Waals surface area contributed by atoms with E-state index >= 15 is 0 Å². The van der Waals surface area contributed by atoms with Crippen LogP contribution in [-0.4, -0.2) is 20.8 Å². The van der Waals surface area contributed by atoms with Gasteiger partial charge in [0, 0.05) is 29.4 Å². The summed E-state index contributed by atoms with van der Waals surface area (Å²) in [7, 11) is 0. The highest BCUT2D eigenvalue weighted by Crippen LogP contribution is 2.36. The second kappa shape index (κ2) is 4.39. The Balaban J connectivity index is 2.26. The van der Waals surface area contributed by atoms with Gasteiger partial charge in [-0.1, -0.05) is 30.3 Å². The summed E-state index contributed by atoms with van der Waals surface area (Å²) in [5.74, 6) is 0. The van der Waals surface area contributed by atoms with Gasteiger partial charge in [-0.15, -0.1) is 0 Å². The van der Waals surface area contributed by atoms with Gasteiger partial charge in [-0.05, 0) is 25.3 Å². The van der Waals surface area contributed by atoms with Gasteiger partial charge in [0.15, 0.2) is 0 Å². The molecule has 0 unspecified atom stereocenters. The summed E-state index contributed by atoms with van der Waals surface area (Å²) in [6.07, 6.45) is 2.25. The molecule has 1 fully saturated rings. The predicted octanol–water partition coefficient (Wildman–Crippen LogP) is 2.71. The van der Waals surface area contributed by atoms with Gasteiger partial charge in [0.25, 0.3) is 0 Å². The number of hydrogen-bond acceptors (Lipinski definition) is 2. The van der Waals surface area contributed by atoms with Crippen molar-refractivity contribution < 1.29 is 5.11 Å². The molecule has 0 bridgehead atoms. The minimum atomic E-state index is -0.737. The Morgan fingerprint density at radius 1 is 1.40 bits per heavy atom. The molecule has 1 N–H and O–H groups in total. The average Bonchev–Trinajstić information content (AvgIpc) is 2.66. The summed E-state index contributed by atoms with van der Waals surface area (Å²) >= 11 is 2.32. The van der Waals surface area contributed by atoms with Gasteiger partial charge >= 0.3 is 0 Å². The van der Waals surface area contributed by atoms with Crippen molar-refractivity contribution in [3.05, 3.63) is 35.9 Å². The summed E-state index contributed by atoms with van der Waals surface area (Å²) in [5, 5.41) is 10.6. The van der Waals surface area contributed by atoms with Crippen molar-refractivity contribution in [1.29, 1.82) is 0 Å². The summed E-state index contributed by atoms with van der Waals surface area (Å²) in [6.45, 7) is 3.00. The molecule has 1 aliphatic heterocycles. The maximum Gasteiger partial charge on any atom is 0.103 e. The quantitative estimate of drug-likeness (QED) is 0.670. The topological polar surface area (TPSA) is 23.5 Å². The zero-order valence-corrected chi connectivity index (χ0v) is 11.0. The monoisotopic (exact) mass is 317 g/mol. The molecular weight excluding hydrogens is 301 g/mol. The third-order valence-electron chi connectivity index (χ3n) is 3.19. The maximum atomic E-state index is 10.6. The fraction of sp³-hybridized carbons (Fsp3) is 0.500. The second-order valence-electron chi connectivity index (χ2n) is 4.29. The van der Waals surface area contributed by atoms with E-state index in [1.807, 2.05) is 37.3 Å². The van der Waals surface area contributed by atoms with Crippen LogP contribution in [0.5, 0.6) is 0 Å². The number of hydrogen-bond donors (Lipinski definition) is 1. The van der Waals surface area contributed by atoms with Crippen molar-refractivity contribution >= 4 is 22.9 Å². The van der Waals surface area contributed by atoms with Crippen LogP contribution in [0.2, 0.25) is 0 Å². The average molecular weight is 317 g/mol. The first-order valence-electron chi connectivity index (χ1n) is 5.32. The molecule has 1 aliphatic rings. The molecule has 1 aromatic carbocycles. The van der Waals surface area contributed by atoms with Gasteiger partial charge in [0.2, 0.25) is 0 Å². The van der Waals surface area contributed by atoms with E-state index in [1.165, 1.54) is 6.42 Å². The smallest absolute Gasteiger partial charge is 0.103 e. The van der Waals surface area contributed by atoms with E-state index in [4.69, 9.17) is 0 Å². The van der Waals surface area contributed by atoms with Crippen molar-refractivity contribution in [1.82, 2.24) is 3.11 Å². The third-order valence-corrected chi connectivity index (χ3v) is 4.35. The van der Waals surface area contributed by atoms with E-state index < -0.39 is 5.60 Å². The fourth-order valence-corrected chi connectivity index (χ4v) is 3.42. The predicted molar refractivity (Wildman–Crippen MR) is 69.8 cm³/mol. The molecule has 0 spiro atoms. The molecule has 1 aromatic rings. The molecule has 1 saturated heterocycles. The lowest BCUT2D eigenvalue weighted by Crippen LogP contribution is -2.41. The van der Waals surface area contributed by atoms with E-state index in [1.54, 1.807) is 0 Å². The number of benzene rings is 1. The third kappa shape index (κ3) is 2.19. The number of aliphatic hydroxyl groups is 1. The molecule has 0 aliphatic carbocycles. The van der Waals surface area contributed by atoms with Crippen molar-refractivity contribution in [2.45, 2.75) is 31.4 Å². The zero-order valence-electron chi connectivity index (χ0n) is 8.86. The van der Waals surface area contributed by atoms with Crippen LogP contribution in [0.15, 0.2) is 30.3 Å². The fourth-order valence-electron chi connectivity index (χ4n) is 2.25. The lowest BCUT2D eigenvalue weighted by molar-refractivity contribution is 0.00576. The van der Waals surface area contributed by atoms with Gasteiger partial charge in [-0.3, -0.25) is 0 Å². The lowest BCUT2D eigenvalue weighted by Gasteiger charge is -2.33. The van der Waals surface area contributed by atoms with Crippen LogP contribution in [-0.2, 0) is 5.60 Å². The maximum absolute atomic E-state index is 10.6. The van der Waals surface area contributed by atoms with E-state index in [0.717, 1.165) is 18.5 Å².